The zero-order valence-electron chi connectivity index (χ0n) is 13.8. The van der Waals surface area contributed by atoms with Crippen LogP contribution in [-0.4, -0.2) is 44.2 Å². The average Bonchev–Trinajstić information content (AvgIpc) is 2.64. The van der Waals surface area contributed by atoms with Crippen LogP contribution in [0.2, 0.25) is 10.0 Å². The van der Waals surface area contributed by atoms with E-state index in [0.29, 0.717) is 28.8 Å². The Morgan fingerprint density at radius 3 is 2.52 bits per heavy atom. The summed E-state index contributed by atoms with van der Waals surface area (Å²) in [6.07, 6.45) is 0. The van der Waals surface area contributed by atoms with Crippen molar-refractivity contribution in [3.05, 3.63) is 52.5 Å². The molecule has 1 aliphatic rings. The van der Waals surface area contributed by atoms with E-state index >= 15 is 0 Å². The molecule has 2 aromatic rings. The van der Waals surface area contributed by atoms with E-state index in [1.54, 1.807) is 30.2 Å². The Morgan fingerprint density at radius 1 is 1.08 bits per heavy atom. The number of halogens is 2. The van der Waals surface area contributed by atoms with Gasteiger partial charge >= 0.3 is 6.03 Å². The van der Waals surface area contributed by atoms with Crippen molar-refractivity contribution in [2.45, 2.75) is 0 Å². The van der Waals surface area contributed by atoms with Crippen LogP contribution in [0.3, 0.4) is 0 Å². The minimum atomic E-state index is -0.158. The Bertz CT molecular complexity index is 762. The summed E-state index contributed by atoms with van der Waals surface area (Å²) in [6.45, 7) is 2.78. The van der Waals surface area contributed by atoms with Gasteiger partial charge in [-0.1, -0.05) is 29.3 Å². The van der Waals surface area contributed by atoms with Gasteiger partial charge in [-0.15, -0.1) is 0 Å². The van der Waals surface area contributed by atoms with E-state index in [-0.39, 0.29) is 6.03 Å². The Balaban J connectivity index is 1.58. The quantitative estimate of drug-likeness (QED) is 0.861. The minimum Gasteiger partial charge on any atom is -0.497 e. The molecule has 0 saturated carbocycles. The fourth-order valence-electron chi connectivity index (χ4n) is 2.76. The molecule has 0 bridgehead atoms. The molecule has 0 spiro atoms. The number of anilines is 2. The van der Waals surface area contributed by atoms with Crippen molar-refractivity contribution >= 4 is 40.6 Å². The molecule has 0 aromatic heterocycles. The van der Waals surface area contributed by atoms with E-state index in [9.17, 15) is 4.79 Å². The maximum atomic E-state index is 12.4. The van der Waals surface area contributed by atoms with Gasteiger partial charge in [-0.25, -0.2) is 4.79 Å². The highest BCUT2D eigenvalue weighted by atomic mass is 35.5. The number of benzene rings is 2. The van der Waals surface area contributed by atoms with Crippen LogP contribution in [0.5, 0.6) is 5.75 Å². The standard InChI is InChI=1S/C18H19Cl2N3O2/c1-25-15-4-2-3-14(12-15)22-7-9-23(10-8-22)18(24)21-17-6-5-13(19)11-16(17)20/h2-6,11-12H,7-10H2,1H3,(H,21,24). The third-order valence-corrected chi connectivity index (χ3v) is 4.71. The van der Waals surface area contributed by atoms with Gasteiger partial charge in [-0.05, 0) is 30.3 Å². The van der Waals surface area contributed by atoms with Crippen molar-refractivity contribution in [1.82, 2.24) is 4.90 Å². The highest BCUT2D eigenvalue weighted by Crippen LogP contribution is 2.26. The first-order valence-electron chi connectivity index (χ1n) is 7.97. The van der Waals surface area contributed by atoms with Crippen LogP contribution in [0.25, 0.3) is 0 Å². The summed E-state index contributed by atoms with van der Waals surface area (Å²) in [5.41, 5.74) is 1.66. The monoisotopic (exact) mass is 379 g/mol. The molecule has 0 aliphatic carbocycles. The summed E-state index contributed by atoms with van der Waals surface area (Å²) >= 11 is 12.0. The van der Waals surface area contributed by atoms with Gasteiger partial charge in [0.1, 0.15) is 5.75 Å². The Hall–Kier alpha value is -2.11. The number of carbonyl (C=O) groups is 1. The van der Waals surface area contributed by atoms with Gasteiger partial charge in [0, 0.05) is 43.0 Å². The molecular weight excluding hydrogens is 361 g/mol. The van der Waals surface area contributed by atoms with Crippen LogP contribution < -0.4 is 15.0 Å². The molecule has 2 aromatic carbocycles. The van der Waals surface area contributed by atoms with Gasteiger partial charge in [-0.2, -0.15) is 0 Å². The van der Waals surface area contributed by atoms with Crippen molar-refractivity contribution in [3.63, 3.8) is 0 Å². The van der Waals surface area contributed by atoms with Gasteiger partial charge in [0.05, 0.1) is 17.8 Å². The van der Waals surface area contributed by atoms with Crippen molar-refractivity contribution in [3.8, 4) is 5.75 Å². The molecule has 5 nitrogen and oxygen atoms in total. The number of hydrogen-bond acceptors (Lipinski definition) is 3. The smallest absolute Gasteiger partial charge is 0.322 e. The molecule has 1 fully saturated rings. The fraction of sp³-hybridized carbons (Fsp3) is 0.278. The SMILES string of the molecule is COc1cccc(N2CCN(C(=O)Nc3ccc(Cl)cc3Cl)CC2)c1. The lowest BCUT2D eigenvalue weighted by Crippen LogP contribution is -2.50. The number of urea groups is 1. The van der Waals surface area contributed by atoms with Crippen LogP contribution in [0.4, 0.5) is 16.2 Å². The molecule has 2 amide bonds. The number of nitrogens with one attached hydrogen (secondary N) is 1. The van der Waals surface area contributed by atoms with Crippen molar-refractivity contribution in [2.75, 3.05) is 43.5 Å². The highest BCUT2D eigenvalue weighted by Gasteiger charge is 2.22. The molecule has 1 saturated heterocycles. The zero-order chi connectivity index (χ0) is 17.8. The predicted octanol–water partition coefficient (Wildman–Crippen LogP) is 4.36. The molecule has 0 unspecified atom stereocenters. The van der Waals surface area contributed by atoms with Crippen LogP contribution >= 0.6 is 23.2 Å². The molecule has 1 N–H and O–H groups in total. The maximum absolute atomic E-state index is 12.4. The number of rotatable bonds is 3. The topological polar surface area (TPSA) is 44.8 Å². The molecule has 25 heavy (non-hydrogen) atoms. The van der Waals surface area contributed by atoms with E-state index in [1.165, 1.54) is 0 Å². The van der Waals surface area contributed by atoms with E-state index in [0.717, 1.165) is 24.5 Å². The first-order valence-corrected chi connectivity index (χ1v) is 8.72. The molecule has 0 radical (unpaired) electrons. The minimum absolute atomic E-state index is 0.158. The predicted molar refractivity (Wildman–Crippen MR) is 102 cm³/mol. The lowest BCUT2D eigenvalue weighted by molar-refractivity contribution is 0.208. The highest BCUT2D eigenvalue weighted by molar-refractivity contribution is 6.36. The third-order valence-electron chi connectivity index (χ3n) is 4.16. The van der Waals surface area contributed by atoms with E-state index < -0.39 is 0 Å². The van der Waals surface area contributed by atoms with Gasteiger partial charge in [-0.3, -0.25) is 0 Å². The van der Waals surface area contributed by atoms with Crippen LogP contribution in [-0.2, 0) is 0 Å². The van der Waals surface area contributed by atoms with E-state index in [4.69, 9.17) is 27.9 Å². The summed E-state index contributed by atoms with van der Waals surface area (Å²) in [4.78, 5) is 16.4. The summed E-state index contributed by atoms with van der Waals surface area (Å²) in [6, 6.07) is 12.8. The molecule has 132 valence electrons. The number of methoxy groups -OCH3 is 1. The van der Waals surface area contributed by atoms with Crippen molar-refractivity contribution in [1.29, 1.82) is 0 Å². The van der Waals surface area contributed by atoms with Crippen LogP contribution in [0.1, 0.15) is 0 Å². The third kappa shape index (κ3) is 4.30. The summed E-state index contributed by atoms with van der Waals surface area (Å²) in [5, 5.41) is 3.80. The number of piperazine rings is 1. The Morgan fingerprint density at radius 2 is 1.84 bits per heavy atom. The normalized spacial score (nSPS) is 14.4. The number of ether oxygens (including phenoxy) is 1. The van der Waals surface area contributed by atoms with E-state index in [1.807, 2.05) is 24.3 Å². The van der Waals surface area contributed by atoms with Crippen molar-refractivity contribution in [2.24, 2.45) is 0 Å². The Kier molecular flexibility index (Phi) is 5.56. The maximum Gasteiger partial charge on any atom is 0.322 e. The average molecular weight is 380 g/mol. The molecule has 0 atom stereocenters. The van der Waals surface area contributed by atoms with Gasteiger partial charge in [0.25, 0.3) is 0 Å². The molecule has 3 rings (SSSR count). The lowest BCUT2D eigenvalue weighted by Gasteiger charge is -2.36. The first kappa shape index (κ1) is 17.7. The lowest BCUT2D eigenvalue weighted by atomic mass is 10.2. The number of amides is 2. The molecule has 1 aliphatic heterocycles. The van der Waals surface area contributed by atoms with Gasteiger partial charge in [0.2, 0.25) is 0 Å². The van der Waals surface area contributed by atoms with Crippen LogP contribution in [0.15, 0.2) is 42.5 Å². The largest absolute Gasteiger partial charge is 0.497 e. The first-order chi connectivity index (χ1) is 12.1. The fourth-order valence-corrected chi connectivity index (χ4v) is 3.22. The zero-order valence-corrected chi connectivity index (χ0v) is 15.3. The molecule has 7 heteroatoms. The van der Waals surface area contributed by atoms with Crippen LogP contribution in [0, 0.1) is 0 Å². The van der Waals surface area contributed by atoms with E-state index in [2.05, 4.69) is 10.2 Å². The van der Waals surface area contributed by atoms with Gasteiger partial charge in [0.15, 0.2) is 0 Å². The van der Waals surface area contributed by atoms with Gasteiger partial charge < -0.3 is 19.9 Å². The Labute approximate surface area is 157 Å². The number of nitrogens with zero attached hydrogens (tertiary/aromatic N) is 2. The second kappa shape index (κ2) is 7.85. The molecular formula is C18H19Cl2N3O2. The summed E-state index contributed by atoms with van der Waals surface area (Å²) in [5.74, 6) is 0.829. The van der Waals surface area contributed by atoms with Crippen molar-refractivity contribution < 1.29 is 9.53 Å². The number of hydrogen-bond donors (Lipinski definition) is 1. The second-order valence-electron chi connectivity index (χ2n) is 5.73. The molecule has 1 heterocycles. The second-order valence-corrected chi connectivity index (χ2v) is 6.57. The summed E-state index contributed by atoms with van der Waals surface area (Å²) in [7, 11) is 1.66. The number of carbonyl (C=O) groups excluding carboxylic acids is 1. The summed E-state index contributed by atoms with van der Waals surface area (Å²) < 4.78 is 5.27.